The molecule has 0 N–H and O–H groups in total. The molecule has 2 aromatic rings. The quantitative estimate of drug-likeness (QED) is 0.806. The van der Waals surface area contributed by atoms with Gasteiger partial charge in [0.05, 0.1) is 0 Å². The highest BCUT2D eigenvalue weighted by molar-refractivity contribution is 9.10. The Labute approximate surface area is 121 Å². The molecule has 0 fully saturated rings. The first-order valence-electron chi connectivity index (χ1n) is 6.87. The van der Waals surface area contributed by atoms with Crippen LogP contribution in [0.15, 0.2) is 22.9 Å². The van der Waals surface area contributed by atoms with E-state index in [9.17, 15) is 0 Å². The van der Waals surface area contributed by atoms with E-state index in [4.69, 9.17) is 0 Å². The van der Waals surface area contributed by atoms with E-state index in [2.05, 4.69) is 41.7 Å². The van der Waals surface area contributed by atoms with Crippen molar-refractivity contribution in [2.45, 2.75) is 45.1 Å². The van der Waals surface area contributed by atoms with Crippen molar-refractivity contribution < 1.29 is 0 Å². The van der Waals surface area contributed by atoms with Crippen molar-refractivity contribution in [2.75, 3.05) is 0 Å². The summed E-state index contributed by atoms with van der Waals surface area (Å²) in [6.07, 6.45) is 11.1. The minimum absolute atomic E-state index is 0.950. The van der Waals surface area contributed by atoms with E-state index < -0.39 is 0 Å². The maximum Gasteiger partial charge on any atom is 0.165 e. The molecule has 2 aromatic heterocycles. The van der Waals surface area contributed by atoms with Crippen molar-refractivity contribution in [3.05, 3.63) is 28.8 Å². The van der Waals surface area contributed by atoms with Crippen molar-refractivity contribution in [1.29, 1.82) is 0 Å². The smallest absolute Gasteiger partial charge is 0.165 e. The van der Waals surface area contributed by atoms with E-state index in [1.807, 2.05) is 6.20 Å². The largest absolute Gasteiger partial charge is 0.311 e. The zero-order chi connectivity index (χ0) is 13.1. The molecule has 1 aliphatic heterocycles. The highest BCUT2D eigenvalue weighted by atomic mass is 79.9. The van der Waals surface area contributed by atoms with Crippen LogP contribution in [0.2, 0.25) is 0 Å². The highest BCUT2D eigenvalue weighted by Crippen LogP contribution is 2.23. The van der Waals surface area contributed by atoms with Gasteiger partial charge in [-0.15, -0.1) is 10.2 Å². The molecular formula is C14H17BrN4. The van der Waals surface area contributed by atoms with Gasteiger partial charge in [0.2, 0.25) is 0 Å². The molecule has 3 rings (SSSR count). The molecule has 0 aliphatic carbocycles. The average Bonchev–Trinajstić information content (AvgIpc) is 2.83. The van der Waals surface area contributed by atoms with Gasteiger partial charge in [0.15, 0.2) is 5.82 Å². The molecular weight excluding hydrogens is 304 g/mol. The van der Waals surface area contributed by atoms with Crippen LogP contribution in [-0.2, 0) is 13.0 Å². The lowest BCUT2D eigenvalue weighted by atomic mass is 10.1. The SMILES string of the molecule is Brc1cncc(-c2nnc3n2CCCCCCC3)c1. The number of hydrogen-bond donors (Lipinski definition) is 0. The van der Waals surface area contributed by atoms with E-state index in [0.717, 1.165) is 34.7 Å². The third-order valence-corrected chi connectivity index (χ3v) is 4.01. The fourth-order valence-corrected chi connectivity index (χ4v) is 2.95. The molecule has 0 radical (unpaired) electrons. The maximum absolute atomic E-state index is 4.38. The third-order valence-electron chi connectivity index (χ3n) is 3.57. The molecule has 5 heteroatoms. The number of hydrogen-bond acceptors (Lipinski definition) is 3. The molecule has 0 atom stereocenters. The zero-order valence-electron chi connectivity index (χ0n) is 10.8. The summed E-state index contributed by atoms with van der Waals surface area (Å²) in [6, 6.07) is 2.05. The Balaban J connectivity index is 1.98. The van der Waals surface area contributed by atoms with Crippen molar-refractivity contribution in [3.8, 4) is 11.4 Å². The molecule has 1 aliphatic rings. The third kappa shape index (κ3) is 2.86. The molecule has 0 aromatic carbocycles. The summed E-state index contributed by atoms with van der Waals surface area (Å²) in [6.45, 7) is 1.02. The maximum atomic E-state index is 4.38. The molecule has 0 spiro atoms. The van der Waals surface area contributed by atoms with E-state index in [-0.39, 0.29) is 0 Å². The number of aryl methyl sites for hydroxylation is 1. The van der Waals surface area contributed by atoms with Crippen LogP contribution in [0.25, 0.3) is 11.4 Å². The molecule has 4 nitrogen and oxygen atoms in total. The number of halogens is 1. The second kappa shape index (κ2) is 5.82. The summed E-state index contributed by atoms with van der Waals surface area (Å²) in [7, 11) is 0. The summed E-state index contributed by atoms with van der Waals surface area (Å²) in [4.78, 5) is 4.22. The molecule has 3 heterocycles. The van der Waals surface area contributed by atoms with E-state index in [1.165, 1.54) is 32.1 Å². The van der Waals surface area contributed by atoms with Crippen LogP contribution in [0.4, 0.5) is 0 Å². The van der Waals surface area contributed by atoms with Crippen molar-refractivity contribution in [3.63, 3.8) is 0 Å². The van der Waals surface area contributed by atoms with Gasteiger partial charge in [-0.2, -0.15) is 0 Å². The first-order chi connectivity index (χ1) is 9.34. The summed E-state index contributed by atoms with van der Waals surface area (Å²) in [5, 5.41) is 8.75. The highest BCUT2D eigenvalue weighted by Gasteiger charge is 2.15. The van der Waals surface area contributed by atoms with Crippen LogP contribution in [0.5, 0.6) is 0 Å². The molecule has 19 heavy (non-hydrogen) atoms. The molecule has 0 unspecified atom stereocenters. The van der Waals surface area contributed by atoms with Gasteiger partial charge < -0.3 is 4.57 Å². The van der Waals surface area contributed by atoms with Crippen LogP contribution < -0.4 is 0 Å². The monoisotopic (exact) mass is 320 g/mol. The fourth-order valence-electron chi connectivity index (χ4n) is 2.59. The van der Waals surface area contributed by atoms with Gasteiger partial charge in [0.1, 0.15) is 5.82 Å². The number of rotatable bonds is 1. The lowest BCUT2D eigenvalue weighted by Gasteiger charge is -2.08. The van der Waals surface area contributed by atoms with E-state index in [1.54, 1.807) is 6.20 Å². The van der Waals surface area contributed by atoms with Gasteiger partial charge in [-0.05, 0) is 34.8 Å². The van der Waals surface area contributed by atoms with Gasteiger partial charge in [0.25, 0.3) is 0 Å². The van der Waals surface area contributed by atoms with Crippen LogP contribution in [0.1, 0.15) is 37.9 Å². The number of nitrogens with zero attached hydrogens (tertiary/aromatic N) is 4. The van der Waals surface area contributed by atoms with Crippen LogP contribution in [0.3, 0.4) is 0 Å². The lowest BCUT2D eigenvalue weighted by molar-refractivity contribution is 0.587. The van der Waals surface area contributed by atoms with E-state index in [0.29, 0.717) is 0 Å². The second-order valence-electron chi connectivity index (χ2n) is 5.00. The standard InChI is InChI=1S/C14H17BrN4/c15-12-8-11(9-16-10-12)14-18-17-13-6-4-2-1-3-5-7-19(13)14/h8-10H,1-7H2. The lowest BCUT2D eigenvalue weighted by Crippen LogP contribution is -2.05. The van der Waals surface area contributed by atoms with Gasteiger partial charge >= 0.3 is 0 Å². The van der Waals surface area contributed by atoms with Crippen molar-refractivity contribution in [1.82, 2.24) is 19.7 Å². The molecule has 0 saturated carbocycles. The molecule has 0 bridgehead atoms. The van der Waals surface area contributed by atoms with Crippen LogP contribution in [0, 0.1) is 0 Å². The number of aromatic nitrogens is 4. The van der Waals surface area contributed by atoms with Crippen molar-refractivity contribution >= 4 is 15.9 Å². The number of fused-ring (bicyclic) bond motifs is 1. The summed E-state index contributed by atoms with van der Waals surface area (Å²) < 4.78 is 3.25. The normalized spacial score (nSPS) is 16.3. The van der Waals surface area contributed by atoms with Crippen molar-refractivity contribution in [2.24, 2.45) is 0 Å². The summed E-state index contributed by atoms with van der Waals surface area (Å²) in [5.41, 5.74) is 1.03. The second-order valence-corrected chi connectivity index (χ2v) is 5.92. The Kier molecular flexibility index (Phi) is 3.92. The Bertz CT molecular complexity index is 564. The Morgan fingerprint density at radius 2 is 1.84 bits per heavy atom. The fraction of sp³-hybridized carbons (Fsp3) is 0.500. The van der Waals surface area contributed by atoms with Crippen LogP contribution >= 0.6 is 15.9 Å². The van der Waals surface area contributed by atoms with Crippen LogP contribution in [-0.4, -0.2) is 19.7 Å². The van der Waals surface area contributed by atoms with Gasteiger partial charge in [-0.1, -0.05) is 19.3 Å². The average molecular weight is 321 g/mol. The molecule has 100 valence electrons. The Morgan fingerprint density at radius 3 is 2.74 bits per heavy atom. The summed E-state index contributed by atoms with van der Waals surface area (Å²) >= 11 is 3.46. The predicted octanol–water partition coefficient (Wildman–Crippen LogP) is 3.61. The van der Waals surface area contributed by atoms with Gasteiger partial charge in [-0.25, -0.2) is 0 Å². The molecule has 0 amide bonds. The van der Waals surface area contributed by atoms with E-state index >= 15 is 0 Å². The predicted molar refractivity (Wildman–Crippen MR) is 77.7 cm³/mol. The zero-order valence-corrected chi connectivity index (χ0v) is 12.4. The first-order valence-corrected chi connectivity index (χ1v) is 7.67. The Hall–Kier alpha value is -1.23. The minimum Gasteiger partial charge on any atom is -0.311 e. The topological polar surface area (TPSA) is 43.6 Å². The Morgan fingerprint density at radius 1 is 1.00 bits per heavy atom. The summed E-state index contributed by atoms with van der Waals surface area (Å²) in [5.74, 6) is 2.07. The number of pyridine rings is 1. The first kappa shape index (κ1) is 12.8. The van der Waals surface area contributed by atoms with Gasteiger partial charge in [-0.3, -0.25) is 4.98 Å². The van der Waals surface area contributed by atoms with Gasteiger partial charge in [0, 0.05) is 35.4 Å². The molecule has 0 saturated heterocycles. The minimum atomic E-state index is 0.950.